The largest absolute Gasteiger partial charge is 0.484 e. The van der Waals surface area contributed by atoms with Gasteiger partial charge in [0.25, 0.3) is 0 Å². The normalized spacial score (nSPS) is 22.7. The minimum Gasteiger partial charge on any atom is -0.484 e. The Morgan fingerprint density at radius 3 is 2.70 bits per heavy atom. The topological polar surface area (TPSA) is 114 Å². The lowest BCUT2D eigenvalue weighted by Gasteiger charge is -2.28. The van der Waals surface area contributed by atoms with E-state index in [1.165, 1.54) is 24.3 Å². The Balaban J connectivity index is 1.11. The number of carboxylic acid groups (broad SMARTS) is 1. The Hall–Kier alpha value is -4.47. The van der Waals surface area contributed by atoms with Gasteiger partial charge in [-0.05, 0) is 61.2 Å². The van der Waals surface area contributed by atoms with Crippen LogP contribution < -0.4 is 4.74 Å². The second-order valence-electron chi connectivity index (χ2n) is 11.4. The first kappa shape index (κ1) is 27.4. The van der Waals surface area contributed by atoms with E-state index < -0.39 is 23.4 Å². The zero-order chi connectivity index (χ0) is 29.9. The summed E-state index contributed by atoms with van der Waals surface area (Å²) in [6, 6.07) is 11.1. The zero-order valence-electron chi connectivity index (χ0n) is 22.9. The van der Waals surface area contributed by atoms with Crippen molar-refractivity contribution in [2.24, 2.45) is 5.92 Å². The van der Waals surface area contributed by atoms with Gasteiger partial charge in [-0.2, -0.15) is 5.26 Å². The predicted molar refractivity (Wildman–Crippen MR) is 146 cm³/mol. The molecule has 0 bridgehead atoms. The first-order valence-electron chi connectivity index (χ1n) is 14.0. The standard InChI is InChI=1S/C31H26F3N5O4/c32-21-2-4-27(36-24(21)15-43-26-3-1-17(11-35)7-22(26)33)31-10-19(31)12-38(16-31)14-28-37-29-23(34)8-18(30(40)41)9-25(29)39(28)13-20-5-6-42-20/h1-4,7-9,19-20H,5-6,10,12-16H2,(H,40,41)/t19-,20-,31-/m0/s1. The van der Waals surface area contributed by atoms with E-state index in [0.717, 1.165) is 37.2 Å². The molecule has 7 rings (SSSR count). The van der Waals surface area contributed by atoms with Crippen LogP contribution in [0, 0.1) is 34.7 Å². The van der Waals surface area contributed by atoms with Crippen molar-refractivity contribution < 1.29 is 32.5 Å². The maximum absolute atomic E-state index is 14.9. The number of ether oxygens (including phenoxy) is 2. The SMILES string of the molecule is N#Cc1ccc(OCc2nc([C@]34C[C@H]3CN(Cc3nc5c(F)cc(C(=O)O)cc5n3C[C@@H]3CCO3)C4)ccc2F)c(F)c1. The van der Waals surface area contributed by atoms with Gasteiger partial charge in [-0.25, -0.2) is 22.9 Å². The van der Waals surface area contributed by atoms with Gasteiger partial charge in [-0.15, -0.1) is 0 Å². The Bertz CT molecular complexity index is 1820. The third kappa shape index (κ3) is 4.88. The molecule has 4 heterocycles. The fraction of sp³-hybridized carbons (Fsp3) is 0.355. The number of likely N-dealkylation sites (tertiary alicyclic amines) is 1. The average molecular weight is 590 g/mol. The average Bonchev–Trinajstić information content (AvgIpc) is 3.35. The third-order valence-corrected chi connectivity index (χ3v) is 8.75. The van der Waals surface area contributed by atoms with Crippen molar-refractivity contribution in [3.63, 3.8) is 0 Å². The number of benzene rings is 2. The predicted octanol–water partition coefficient (Wildman–Crippen LogP) is 4.56. The number of piperidine rings is 1. The molecule has 0 unspecified atom stereocenters. The number of aromatic carboxylic acids is 1. The van der Waals surface area contributed by atoms with Crippen LogP contribution in [0.25, 0.3) is 11.0 Å². The molecule has 4 aromatic rings. The highest BCUT2D eigenvalue weighted by Crippen LogP contribution is 2.58. The van der Waals surface area contributed by atoms with Gasteiger partial charge in [-0.3, -0.25) is 9.88 Å². The molecule has 0 spiro atoms. The monoisotopic (exact) mass is 589 g/mol. The number of fused-ring (bicyclic) bond motifs is 2. The first-order chi connectivity index (χ1) is 20.7. The Morgan fingerprint density at radius 1 is 1.14 bits per heavy atom. The number of rotatable bonds is 9. The highest BCUT2D eigenvalue weighted by Gasteiger charge is 2.61. The number of carbonyl (C=O) groups is 1. The lowest BCUT2D eigenvalue weighted by molar-refractivity contribution is -0.0591. The van der Waals surface area contributed by atoms with Crippen LogP contribution in [0.15, 0.2) is 42.5 Å². The van der Waals surface area contributed by atoms with Crippen LogP contribution in [0.2, 0.25) is 0 Å². The maximum atomic E-state index is 14.9. The van der Waals surface area contributed by atoms with Gasteiger partial charge < -0.3 is 19.1 Å². The zero-order valence-corrected chi connectivity index (χ0v) is 22.9. The van der Waals surface area contributed by atoms with E-state index in [1.807, 2.05) is 10.6 Å². The highest BCUT2D eigenvalue weighted by molar-refractivity contribution is 5.92. The van der Waals surface area contributed by atoms with Gasteiger partial charge in [0.1, 0.15) is 29.5 Å². The van der Waals surface area contributed by atoms with Crippen molar-refractivity contribution in [2.75, 3.05) is 19.7 Å². The number of nitrogens with zero attached hydrogens (tertiary/aromatic N) is 5. The molecule has 3 fully saturated rings. The quantitative estimate of drug-likeness (QED) is 0.302. The maximum Gasteiger partial charge on any atom is 0.335 e. The van der Waals surface area contributed by atoms with Crippen LogP contribution in [0.3, 0.4) is 0 Å². The molecule has 2 saturated heterocycles. The van der Waals surface area contributed by atoms with Crippen LogP contribution in [0.1, 0.15) is 46.0 Å². The molecule has 0 radical (unpaired) electrons. The van der Waals surface area contributed by atoms with Crippen molar-refractivity contribution in [3.05, 3.63) is 88.3 Å². The lowest BCUT2D eigenvalue weighted by Crippen LogP contribution is -2.33. The minimum atomic E-state index is -1.21. The number of aromatic nitrogens is 3. The molecule has 2 aromatic carbocycles. The molecule has 9 nitrogen and oxygen atoms in total. The van der Waals surface area contributed by atoms with E-state index in [0.29, 0.717) is 43.5 Å². The fourth-order valence-corrected chi connectivity index (χ4v) is 6.31. The van der Waals surface area contributed by atoms with Crippen molar-refractivity contribution in [1.82, 2.24) is 19.4 Å². The number of halogens is 3. The molecule has 0 amide bonds. The number of carboxylic acids is 1. The summed E-state index contributed by atoms with van der Waals surface area (Å²) in [5.74, 6) is -2.35. The number of nitriles is 1. The molecule has 12 heteroatoms. The summed E-state index contributed by atoms with van der Waals surface area (Å²) >= 11 is 0. The molecule has 3 aliphatic rings. The second kappa shape index (κ2) is 10.4. The van der Waals surface area contributed by atoms with Gasteiger partial charge in [0.2, 0.25) is 0 Å². The van der Waals surface area contributed by atoms with E-state index in [1.54, 1.807) is 6.07 Å². The number of hydrogen-bond acceptors (Lipinski definition) is 7. The van der Waals surface area contributed by atoms with E-state index in [2.05, 4.69) is 14.9 Å². The summed E-state index contributed by atoms with van der Waals surface area (Å²) < 4.78 is 56.9. The van der Waals surface area contributed by atoms with Crippen LogP contribution in [0.4, 0.5) is 13.2 Å². The van der Waals surface area contributed by atoms with Crippen LogP contribution in [0.5, 0.6) is 5.75 Å². The minimum absolute atomic E-state index is 0.0483. The van der Waals surface area contributed by atoms with Gasteiger partial charge >= 0.3 is 5.97 Å². The summed E-state index contributed by atoms with van der Waals surface area (Å²) in [5.41, 5.74) is 1.08. The molecule has 2 aliphatic heterocycles. The molecule has 220 valence electrons. The van der Waals surface area contributed by atoms with Crippen molar-refractivity contribution >= 4 is 17.0 Å². The van der Waals surface area contributed by atoms with E-state index in [4.69, 9.17) is 14.7 Å². The Kier molecular flexibility index (Phi) is 6.59. The smallest absolute Gasteiger partial charge is 0.335 e. The lowest BCUT2D eigenvalue weighted by atomic mass is 10.0. The van der Waals surface area contributed by atoms with Gasteiger partial charge in [-0.1, -0.05) is 0 Å². The molecular weight excluding hydrogens is 563 g/mol. The molecule has 3 atom stereocenters. The van der Waals surface area contributed by atoms with Gasteiger partial charge in [0.15, 0.2) is 17.4 Å². The molecule has 1 aliphatic carbocycles. The molecule has 1 saturated carbocycles. The first-order valence-corrected chi connectivity index (χ1v) is 14.0. The number of hydrogen-bond donors (Lipinski definition) is 1. The molecular formula is C31H26F3N5O4. The summed E-state index contributed by atoms with van der Waals surface area (Å²) in [6.45, 7) is 2.61. The molecule has 2 aromatic heterocycles. The third-order valence-electron chi connectivity index (χ3n) is 8.75. The van der Waals surface area contributed by atoms with Crippen molar-refractivity contribution in [1.29, 1.82) is 5.26 Å². The van der Waals surface area contributed by atoms with Crippen LogP contribution in [-0.4, -0.2) is 56.3 Å². The summed E-state index contributed by atoms with van der Waals surface area (Å²) in [7, 11) is 0. The highest BCUT2D eigenvalue weighted by atomic mass is 19.1. The summed E-state index contributed by atoms with van der Waals surface area (Å²) in [6.07, 6.45) is 1.69. The second-order valence-corrected chi connectivity index (χ2v) is 11.4. The number of imidazole rings is 1. The van der Waals surface area contributed by atoms with E-state index >= 15 is 0 Å². The van der Waals surface area contributed by atoms with Crippen molar-refractivity contribution in [2.45, 2.75) is 44.1 Å². The van der Waals surface area contributed by atoms with Crippen LogP contribution in [-0.2, 0) is 29.8 Å². The van der Waals surface area contributed by atoms with Crippen LogP contribution >= 0.6 is 0 Å². The molecule has 1 N–H and O–H groups in total. The summed E-state index contributed by atoms with van der Waals surface area (Å²) in [4.78, 5) is 23.0. The Labute approximate surface area is 244 Å². The van der Waals surface area contributed by atoms with Gasteiger partial charge in [0.05, 0.1) is 41.9 Å². The Morgan fingerprint density at radius 2 is 1.98 bits per heavy atom. The number of pyridine rings is 1. The van der Waals surface area contributed by atoms with Gasteiger partial charge in [0, 0.05) is 30.8 Å². The van der Waals surface area contributed by atoms with E-state index in [9.17, 15) is 23.1 Å². The fourth-order valence-electron chi connectivity index (χ4n) is 6.31. The molecule has 43 heavy (non-hydrogen) atoms. The van der Waals surface area contributed by atoms with E-state index in [-0.39, 0.29) is 46.2 Å². The van der Waals surface area contributed by atoms with Crippen molar-refractivity contribution in [3.8, 4) is 11.8 Å². The summed E-state index contributed by atoms with van der Waals surface area (Å²) in [5, 5.41) is 18.4.